The summed E-state index contributed by atoms with van der Waals surface area (Å²) in [5, 5.41) is 0. The van der Waals surface area contributed by atoms with Crippen LogP contribution in [0.1, 0.15) is 58.8 Å². The Hall–Kier alpha value is -0.480. The van der Waals surface area contributed by atoms with Gasteiger partial charge in [0, 0.05) is 12.5 Å². The van der Waals surface area contributed by atoms with Gasteiger partial charge in [0.15, 0.2) is 0 Å². The van der Waals surface area contributed by atoms with Gasteiger partial charge in [-0.2, -0.15) is 0 Å². The fourth-order valence-electron chi connectivity index (χ4n) is 2.86. The third-order valence-electron chi connectivity index (χ3n) is 3.82. The zero-order chi connectivity index (χ0) is 11.8. The Morgan fingerprint density at radius 2 is 1.75 bits per heavy atom. The van der Waals surface area contributed by atoms with Crippen molar-refractivity contribution >= 4 is 0 Å². The summed E-state index contributed by atoms with van der Waals surface area (Å²) in [6.07, 6.45) is 14.4. The molecule has 1 nitrogen and oxygen atoms in total. The van der Waals surface area contributed by atoms with Gasteiger partial charge in [0.05, 0.1) is 0 Å². The molecule has 1 rings (SSSR count). The number of rotatable bonds is 6. The minimum atomic E-state index is 0.796. The average molecular weight is 221 g/mol. The number of hydrogen-bond acceptors (Lipinski definition) is 1. The Balaban J connectivity index is 2.35. The maximum atomic E-state index is 5.39. The highest BCUT2D eigenvalue weighted by molar-refractivity contribution is 4.89. The zero-order valence-corrected chi connectivity index (χ0v) is 11.0. The Labute approximate surface area is 102 Å². The maximum absolute atomic E-state index is 5.39. The van der Waals surface area contributed by atoms with E-state index in [1.165, 1.54) is 51.6 Å². The molecule has 0 aromatic carbocycles. The number of terminal acetylenes is 1. The zero-order valence-electron chi connectivity index (χ0n) is 11.0. The molecule has 0 spiro atoms. The van der Waals surface area contributed by atoms with Crippen molar-refractivity contribution in [2.24, 2.45) is 5.92 Å². The van der Waals surface area contributed by atoms with E-state index in [-0.39, 0.29) is 0 Å². The molecule has 1 heterocycles. The SMILES string of the molecule is C#CCC1CCN(C(CCC)CCC)CC1. The average Bonchev–Trinajstić information content (AvgIpc) is 2.30. The minimum Gasteiger partial charge on any atom is -0.300 e. The van der Waals surface area contributed by atoms with Crippen molar-refractivity contribution in [3.05, 3.63) is 0 Å². The van der Waals surface area contributed by atoms with E-state index >= 15 is 0 Å². The topological polar surface area (TPSA) is 3.24 Å². The molecule has 0 unspecified atom stereocenters. The van der Waals surface area contributed by atoms with Crippen LogP contribution in [0.5, 0.6) is 0 Å². The first kappa shape index (κ1) is 13.6. The van der Waals surface area contributed by atoms with Gasteiger partial charge >= 0.3 is 0 Å². The van der Waals surface area contributed by atoms with Crippen LogP contribution in [0.15, 0.2) is 0 Å². The van der Waals surface area contributed by atoms with Crippen LogP contribution in [0.3, 0.4) is 0 Å². The van der Waals surface area contributed by atoms with Crippen molar-refractivity contribution in [3.63, 3.8) is 0 Å². The quantitative estimate of drug-likeness (QED) is 0.618. The van der Waals surface area contributed by atoms with E-state index in [0.717, 1.165) is 18.4 Å². The van der Waals surface area contributed by atoms with Crippen molar-refractivity contribution < 1.29 is 0 Å². The van der Waals surface area contributed by atoms with Gasteiger partial charge in [0.25, 0.3) is 0 Å². The largest absolute Gasteiger partial charge is 0.300 e. The molecule has 0 aliphatic carbocycles. The van der Waals surface area contributed by atoms with Crippen molar-refractivity contribution in [2.75, 3.05) is 13.1 Å². The third-order valence-corrected chi connectivity index (χ3v) is 3.82. The molecule has 0 bridgehead atoms. The number of nitrogens with zero attached hydrogens (tertiary/aromatic N) is 1. The van der Waals surface area contributed by atoms with Crippen molar-refractivity contribution in [2.45, 2.75) is 64.8 Å². The van der Waals surface area contributed by atoms with Crippen molar-refractivity contribution in [1.82, 2.24) is 4.90 Å². The van der Waals surface area contributed by atoms with Crippen molar-refractivity contribution in [3.8, 4) is 12.3 Å². The highest BCUT2D eigenvalue weighted by atomic mass is 15.2. The maximum Gasteiger partial charge on any atom is 0.0115 e. The normalized spacial score (nSPS) is 18.9. The van der Waals surface area contributed by atoms with Gasteiger partial charge in [0.1, 0.15) is 0 Å². The van der Waals surface area contributed by atoms with Crippen LogP contribution < -0.4 is 0 Å². The van der Waals surface area contributed by atoms with Gasteiger partial charge in [-0.3, -0.25) is 0 Å². The summed E-state index contributed by atoms with van der Waals surface area (Å²) < 4.78 is 0. The van der Waals surface area contributed by atoms with E-state index < -0.39 is 0 Å². The molecule has 0 N–H and O–H groups in total. The molecule has 0 saturated carbocycles. The molecule has 0 atom stereocenters. The van der Waals surface area contributed by atoms with E-state index in [0.29, 0.717) is 0 Å². The molecule has 1 heteroatoms. The van der Waals surface area contributed by atoms with Gasteiger partial charge in [0.2, 0.25) is 0 Å². The lowest BCUT2D eigenvalue weighted by Crippen LogP contribution is -2.41. The second-order valence-electron chi connectivity index (χ2n) is 5.12. The summed E-state index contributed by atoms with van der Waals surface area (Å²) in [6.45, 7) is 7.15. The third kappa shape index (κ3) is 4.18. The lowest BCUT2D eigenvalue weighted by Gasteiger charge is -2.37. The fourth-order valence-corrected chi connectivity index (χ4v) is 2.86. The predicted octanol–water partition coefficient (Wildman–Crippen LogP) is 3.69. The second kappa shape index (κ2) is 7.74. The van der Waals surface area contributed by atoms with Crippen LogP contribution in [0.2, 0.25) is 0 Å². The summed E-state index contributed by atoms with van der Waals surface area (Å²) in [6, 6.07) is 0.835. The lowest BCUT2D eigenvalue weighted by atomic mass is 9.92. The molecule has 16 heavy (non-hydrogen) atoms. The lowest BCUT2D eigenvalue weighted by molar-refractivity contribution is 0.120. The molecule has 0 aromatic heterocycles. The van der Waals surface area contributed by atoms with Crippen LogP contribution in [-0.4, -0.2) is 24.0 Å². The molecule has 1 saturated heterocycles. The standard InChI is InChI=1S/C15H27N/c1-4-7-14-10-12-16(13-11-14)15(8-5-2)9-6-3/h1,14-15H,5-13H2,2-3H3. The van der Waals surface area contributed by atoms with E-state index in [2.05, 4.69) is 24.7 Å². The van der Waals surface area contributed by atoms with Crippen LogP contribution in [0.4, 0.5) is 0 Å². The van der Waals surface area contributed by atoms with Gasteiger partial charge in [-0.15, -0.1) is 12.3 Å². The van der Waals surface area contributed by atoms with Crippen LogP contribution in [0.25, 0.3) is 0 Å². The molecule has 1 aliphatic rings. The van der Waals surface area contributed by atoms with Crippen LogP contribution >= 0.6 is 0 Å². The molecule has 1 aliphatic heterocycles. The summed E-state index contributed by atoms with van der Waals surface area (Å²) >= 11 is 0. The Morgan fingerprint density at radius 3 is 2.19 bits per heavy atom. The van der Waals surface area contributed by atoms with Crippen molar-refractivity contribution in [1.29, 1.82) is 0 Å². The molecule has 0 amide bonds. The molecular weight excluding hydrogens is 194 g/mol. The first-order valence-corrected chi connectivity index (χ1v) is 6.99. The predicted molar refractivity (Wildman–Crippen MR) is 71.4 cm³/mol. The fraction of sp³-hybridized carbons (Fsp3) is 0.867. The van der Waals surface area contributed by atoms with Gasteiger partial charge in [-0.1, -0.05) is 26.7 Å². The Morgan fingerprint density at radius 1 is 1.19 bits per heavy atom. The first-order valence-electron chi connectivity index (χ1n) is 6.99. The molecule has 0 radical (unpaired) electrons. The van der Waals surface area contributed by atoms with Gasteiger partial charge in [-0.05, 0) is 44.7 Å². The molecule has 0 aromatic rings. The van der Waals surface area contributed by atoms with Crippen LogP contribution in [0, 0.1) is 18.3 Å². The van der Waals surface area contributed by atoms with E-state index in [1.54, 1.807) is 0 Å². The molecule has 92 valence electrons. The highest BCUT2D eigenvalue weighted by Gasteiger charge is 2.23. The summed E-state index contributed by atoms with van der Waals surface area (Å²) in [4.78, 5) is 2.71. The number of likely N-dealkylation sites (tertiary alicyclic amines) is 1. The molecule has 1 fully saturated rings. The number of piperidine rings is 1. The minimum absolute atomic E-state index is 0.796. The number of hydrogen-bond donors (Lipinski definition) is 0. The molecular formula is C15H27N. The second-order valence-corrected chi connectivity index (χ2v) is 5.12. The van der Waals surface area contributed by atoms with Gasteiger partial charge < -0.3 is 4.90 Å². The summed E-state index contributed by atoms with van der Waals surface area (Å²) in [5.74, 6) is 3.61. The van der Waals surface area contributed by atoms with E-state index in [9.17, 15) is 0 Å². The smallest absolute Gasteiger partial charge is 0.0115 e. The van der Waals surface area contributed by atoms with Gasteiger partial charge in [-0.25, -0.2) is 0 Å². The Bertz CT molecular complexity index is 202. The summed E-state index contributed by atoms with van der Waals surface area (Å²) in [5.41, 5.74) is 0. The van der Waals surface area contributed by atoms with E-state index in [1.807, 2.05) is 0 Å². The first-order chi connectivity index (χ1) is 7.81. The van der Waals surface area contributed by atoms with Crippen LogP contribution in [-0.2, 0) is 0 Å². The highest BCUT2D eigenvalue weighted by Crippen LogP contribution is 2.24. The monoisotopic (exact) mass is 221 g/mol. The van der Waals surface area contributed by atoms with E-state index in [4.69, 9.17) is 6.42 Å². The Kier molecular flexibility index (Phi) is 6.57. The summed E-state index contributed by atoms with van der Waals surface area (Å²) in [7, 11) is 0.